The molecule has 0 saturated heterocycles. The fourth-order valence-electron chi connectivity index (χ4n) is 1.74. The average Bonchev–Trinajstić information content (AvgIpc) is 2.59. The summed E-state index contributed by atoms with van der Waals surface area (Å²) in [5, 5.41) is 0.982. The van der Waals surface area contributed by atoms with Gasteiger partial charge in [-0.3, -0.25) is 4.79 Å². The Bertz CT molecular complexity index is 802. The number of esters is 1. The highest BCUT2D eigenvalue weighted by atomic mass is 32.2. The summed E-state index contributed by atoms with van der Waals surface area (Å²) >= 11 is 0. The summed E-state index contributed by atoms with van der Waals surface area (Å²) in [6.45, 7) is -0.538. The van der Waals surface area contributed by atoms with E-state index in [0.717, 1.165) is 11.0 Å². The molecule has 2 aromatic rings. The molecule has 24 heavy (non-hydrogen) atoms. The van der Waals surface area contributed by atoms with Crippen LogP contribution in [0.4, 0.5) is 4.39 Å². The highest BCUT2D eigenvalue weighted by Crippen LogP contribution is 2.05. The summed E-state index contributed by atoms with van der Waals surface area (Å²) in [4.78, 5) is 11.6. The van der Waals surface area contributed by atoms with Gasteiger partial charge in [-0.15, -0.1) is 0 Å². The maximum Gasteiger partial charge on any atom is 0.321 e. The van der Waals surface area contributed by atoms with Gasteiger partial charge in [0.15, 0.2) is 0 Å². The van der Waals surface area contributed by atoms with Crippen LogP contribution in [-0.2, 0) is 26.2 Å². The van der Waals surface area contributed by atoms with Gasteiger partial charge in [0.2, 0.25) is 10.0 Å². The number of benzene rings is 2. The Labute approximate surface area is 139 Å². The number of hydrogen-bond acceptors (Lipinski definition) is 4. The van der Waals surface area contributed by atoms with Crippen molar-refractivity contribution in [3.63, 3.8) is 0 Å². The Morgan fingerprint density at radius 3 is 2.42 bits per heavy atom. The number of hydrogen-bond donors (Lipinski definition) is 1. The summed E-state index contributed by atoms with van der Waals surface area (Å²) in [6.07, 6.45) is 1.42. The topological polar surface area (TPSA) is 72.5 Å². The van der Waals surface area contributed by atoms with E-state index in [-0.39, 0.29) is 12.4 Å². The van der Waals surface area contributed by atoms with Gasteiger partial charge >= 0.3 is 5.97 Å². The first-order valence-corrected chi connectivity index (χ1v) is 8.62. The van der Waals surface area contributed by atoms with Crippen LogP contribution < -0.4 is 4.72 Å². The maximum atomic E-state index is 12.7. The minimum absolute atomic E-state index is 0.0549. The second-order valence-corrected chi connectivity index (χ2v) is 6.52. The van der Waals surface area contributed by atoms with Crippen molar-refractivity contribution in [3.05, 3.63) is 76.9 Å². The lowest BCUT2D eigenvalue weighted by Gasteiger charge is -2.05. The van der Waals surface area contributed by atoms with Gasteiger partial charge in [0.25, 0.3) is 0 Å². The van der Waals surface area contributed by atoms with Crippen molar-refractivity contribution in [1.82, 2.24) is 4.72 Å². The molecule has 0 fully saturated rings. The number of rotatable bonds is 7. The molecule has 126 valence electrons. The van der Waals surface area contributed by atoms with E-state index in [1.54, 1.807) is 24.3 Å². The summed E-state index contributed by atoms with van der Waals surface area (Å²) in [7, 11) is -3.74. The molecular formula is C17H16FNO4S. The Morgan fingerprint density at radius 1 is 1.08 bits per heavy atom. The molecule has 0 saturated carbocycles. The first kappa shape index (κ1) is 17.8. The van der Waals surface area contributed by atoms with E-state index in [1.807, 2.05) is 6.07 Å². The molecule has 2 aromatic carbocycles. The molecule has 2 rings (SSSR count). The highest BCUT2D eigenvalue weighted by Gasteiger charge is 2.10. The van der Waals surface area contributed by atoms with Crippen molar-refractivity contribution in [2.75, 3.05) is 6.54 Å². The number of sulfonamides is 1. The van der Waals surface area contributed by atoms with E-state index >= 15 is 0 Å². The molecule has 0 heterocycles. The highest BCUT2D eigenvalue weighted by molar-refractivity contribution is 7.92. The molecule has 5 nitrogen and oxygen atoms in total. The Kier molecular flexibility index (Phi) is 6.22. The van der Waals surface area contributed by atoms with Gasteiger partial charge in [-0.2, -0.15) is 0 Å². The van der Waals surface area contributed by atoms with Crippen LogP contribution in [-0.4, -0.2) is 20.9 Å². The van der Waals surface area contributed by atoms with Crippen LogP contribution in [0.1, 0.15) is 11.1 Å². The minimum atomic E-state index is -3.74. The fraction of sp³-hybridized carbons (Fsp3) is 0.118. The molecule has 0 amide bonds. The lowest BCUT2D eigenvalue weighted by molar-refractivity contribution is -0.143. The van der Waals surface area contributed by atoms with Crippen LogP contribution in [0.2, 0.25) is 0 Å². The molecule has 0 aromatic heterocycles. The standard InChI is InChI=1S/C17H16FNO4S/c18-16-8-6-15(7-9-16)13-23-17(20)12-19-24(21,22)11-10-14-4-2-1-3-5-14/h1-11,19H,12-13H2/b11-10+. The summed E-state index contributed by atoms with van der Waals surface area (Å²) < 4.78 is 43.3. The largest absolute Gasteiger partial charge is 0.460 e. The van der Waals surface area contributed by atoms with Crippen LogP contribution >= 0.6 is 0 Å². The van der Waals surface area contributed by atoms with Crippen LogP contribution in [0.25, 0.3) is 6.08 Å². The van der Waals surface area contributed by atoms with Crippen molar-refractivity contribution >= 4 is 22.1 Å². The predicted molar refractivity (Wildman–Crippen MR) is 88.6 cm³/mol. The van der Waals surface area contributed by atoms with E-state index in [4.69, 9.17) is 4.74 Å². The zero-order chi connectivity index (χ0) is 17.4. The summed E-state index contributed by atoms with van der Waals surface area (Å²) in [5.41, 5.74) is 1.33. The molecule has 0 spiro atoms. The molecule has 0 bridgehead atoms. The van der Waals surface area contributed by atoms with Gasteiger partial charge in [-0.05, 0) is 29.3 Å². The molecule has 0 aliphatic carbocycles. The molecule has 0 atom stereocenters. The lowest BCUT2D eigenvalue weighted by atomic mass is 10.2. The van der Waals surface area contributed by atoms with E-state index in [0.29, 0.717) is 5.56 Å². The monoisotopic (exact) mass is 349 g/mol. The van der Waals surface area contributed by atoms with Gasteiger partial charge in [-0.1, -0.05) is 42.5 Å². The third kappa shape index (κ3) is 6.31. The first-order valence-electron chi connectivity index (χ1n) is 7.07. The molecule has 0 radical (unpaired) electrons. The third-order valence-electron chi connectivity index (χ3n) is 2.97. The normalized spacial score (nSPS) is 11.5. The Balaban J connectivity index is 1.79. The number of ether oxygens (including phenoxy) is 1. The van der Waals surface area contributed by atoms with Crippen molar-refractivity contribution in [1.29, 1.82) is 0 Å². The quantitative estimate of drug-likeness (QED) is 0.780. The van der Waals surface area contributed by atoms with Gasteiger partial charge in [-0.25, -0.2) is 17.5 Å². The summed E-state index contributed by atoms with van der Waals surface area (Å²) in [6, 6.07) is 14.4. The zero-order valence-electron chi connectivity index (χ0n) is 12.7. The lowest BCUT2D eigenvalue weighted by Crippen LogP contribution is -2.29. The number of carbonyl (C=O) groups is 1. The molecule has 0 aliphatic heterocycles. The molecule has 0 unspecified atom stereocenters. The fourth-order valence-corrected chi connectivity index (χ4v) is 2.49. The van der Waals surface area contributed by atoms with Crippen LogP contribution in [0.15, 0.2) is 60.0 Å². The molecule has 7 heteroatoms. The number of halogens is 1. The van der Waals surface area contributed by atoms with E-state index in [1.165, 1.54) is 30.3 Å². The van der Waals surface area contributed by atoms with Crippen molar-refractivity contribution in [2.24, 2.45) is 0 Å². The predicted octanol–water partition coefficient (Wildman–Crippen LogP) is 2.46. The smallest absolute Gasteiger partial charge is 0.321 e. The van der Waals surface area contributed by atoms with E-state index in [9.17, 15) is 17.6 Å². The second kappa shape index (κ2) is 8.37. The SMILES string of the molecule is O=C(CNS(=O)(=O)/C=C/c1ccccc1)OCc1ccc(F)cc1. The van der Waals surface area contributed by atoms with Crippen LogP contribution in [0, 0.1) is 5.82 Å². The molecule has 0 aliphatic rings. The number of nitrogens with one attached hydrogen (secondary N) is 1. The maximum absolute atomic E-state index is 12.7. The van der Waals surface area contributed by atoms with E-state index < -0.39 is 22.5 Å². The molecule has 1 N–H and O–H groups in total. The van der Waals surface area contributed by atoms with Crippen molar-refractivity contribution in [3.8, 4) is 0 Å². The summed E-state index contributed by atoms with van der Waals surface area (Å²) in [5.74, 6) is -1.11. The van der Waals surface area contributed by atoms with Gasteiger partial charge < -0.3 is 4.74 Å². The second-order valence-electron chi connectivity index (χ2n) is 4.87. The zero-order valence-corrected chi connectivity index (χ0v) is 13.5. The Hall–Kier alpha value is -2.51. The Morgan fingerprint density at radius 2 is 1.75 bits per heavy atom. The van der Waals surface area contributed by atoms with Crippen molar-refractivity contribution < 1.29 is 22.3 Å². The minimum Gasteiger partial charge on any atom is -0.460 e. The average molecular weight is 349 g/mol. The van der Waals surface area contributed by atoms with Crippen LogP contribution in [0.5, 0.6) is 0 Å². The first-order chi connectivity index (χ1) is 11.4. The number of carbonyl (C=O) groups excluding carboxylic acids is 1. The van der Waals surface area contributed by atoms with Crippen LogP contribution in [0.3, 0.4) is 0 Å². The van der Waals surface area contributed by atoms with Gasteiger partial charge in [0.05, 0.1) is 0 Å². The van der Waals surface area contributed by atoms with E-state index in [2.05, 4.69) is 4.72 Å². The van der Waals surface area contributed by atoms with Gasteiger partial charge in [0.1, 0.15) is 19.0 Å². The molecular weight excluding hydrogens is 333 g/mol. The third-order valence-corrected chi connectivity index (χ3v) is 4.01. The van der Waals surface area contributed by atoms with Gasteiger partial charge in [0, 0.05) is 5.41 Å². The van der Waals surface area contributed by atoms with Crippen molar-refractivity contribution in [2.45, 2.75) is 6.61 Å².